The van der Waals surface area contributed by atoms with Crippen LogP contribution in [0, 0.1) is 0 Å². The molecule has 152 valence electrons. The molecule has 0 aliphatic carbocycles. The third-order valence-electron chi connectivity index (χ3n) is 4.37. The summed E-state index contributed by atoms with van der Waals surface area (Å²) >= 11 is 8.90. The van der Waals surface area contributed by atoms with Gasteiger partial charge in [0.1, 0.15) is 0 Å². The van der Waals surface area contributed by atoms with Crippen LogP contribution >= 0.6 is 34.7 Å². The maximum Gasteiger partial charge on any atom is 0.230 e. The second kappa shape index (κ2) is 9.93. The molecule has 0 saturated carbocycles. The largest absolute Gasteiger partial charge is 0.355 e. The predicted molar refractivity (Wildman–Crippen MR) is 124 cm³/mol. The van der Waals surface area contributed by atoms with Gasteiger partial charge in [0.05, 0.1) is 10.6 Å². The molecule has 0 unspecified atom stereocenters. The minimum atomic E-state index is -0.0331. The Morgan fingerprint density at radius 3 is 2.57 bits per heavy atom. The second-order valence-corrected chi connectivity index (χ2v) is 8.80. The normalized spacial score (nSPS) is 10.8. The number of thioether (sulfide) groups is 1. The van der Waals surface area contributed by atoms with Gasteiger partial charge in [-0.15, -0.1) is 21.5 Å². The molecule has 0 bridgehead atoms. The molecule has 5 nitrogen and oxygen atoms in total. The minimum absolute atomic E-state index is 0.0331. The third kappa shape index (κ3) is 5.11. The predicted octanol–water partition coefficient (Wildman–Crippen LogP) is 5.10. The Kier molecular flexibility index (Phi) is 6.84. The first-order chi connectivity index (χ1) is 14.7. The number of carbonyl (C=O) groups excluding carboxylic acids is 1. The molecular formula is C22H19ClN4OS2. The highest BCUT2D eigenvalue weighted by Crippen LogP contribution is 2.30. The number of para-hydroxylation sites is 1. The van der Waals surface area contributed by atoms with Gasteiger partial charge in [-0.2, -0.15) is 0 Å². The molecule has 0 atom stereocenters. The van der Waals surface area contributed by atoms with Gasteiger partial charge in [0.25, 0.3) is 0 Å². The Hall–Kier alpha value is -2.61. The molecule has 0 saturated heterocycles. The van der Waals surface area contributed by atoms with Crippen molar-refractivity contribution in [3.05, 3.63) is 82.7 Å². The Bertz CT molecular complexity index is 1100. The van der Waals surface area contributed by atoms with Crippen molar-refractivity contribution in [3.63, 3.8) is 0 Å². The number of nitrogens with one attached hydrogen (secondary N) is 1. The summed E-state index contributed by atoms with van der Waals surface area (Å²) in [6.45, 7) is 0.576. The molecule has 30 heavy (non-hydrogen) atoms. The fraction of sp³-hybridized carbons (Fsp3) is 0.136. The number of carbonyl (C=O) groups is 1. The van der Waals surface area contributed by atoms with E-state index in [9.17, 15) is 4.79 Å². The zero-order valence-corrected chi connectivity index (χ0v) is 18.4. The average Bonchev–Trinajstić information content (AvgIpc) is 3.44. The van der Waals surface area contributed by atoms with Crippen molar-refractivity contribution in [1.29, 1.82) is 0 Å². The van der Waals surface area contributed by atoms with Gasteiger partial charge >= 0.3 is 0 Å². The number of hydrogen-bond acceptors (Lipinski definition) is 5. The fourth-order valence-electron chi connectivity index (χ4n) is 2.92. The number of amides is 1. The van der Waals surface area contributed by atoms with E-state index >= 15 is 0 Å². The van der Waals surface area contributed by atoms with E-state index in [1.807, 2.05) is 76.7 Å². The maximum atomic E-state index is 12.3. The van der Waals surface area contributed by atoms with Crippen molar-refractivity contribution in [3.8, 4) is 16.4 Å². The summed E-state index contributed by atoms with van der Waals surface area (Å²) in [5, 5.41) is 15.1. The van der Waals surface area contributed by atoms with E-state index in [4.69, 9.17) is 11.6 Å². The molecule has 4 aromatic rings. The Labute approximate surface area is 188 Å². The molecule has 0 aliphatic rings. The van der Waals surface area contributed by atoms with Crippen LogP contribution in [0.15, 0.2) is 77.3 Å². The monoisotopic (exact) mass is 454 g/mol. The zero-order chi connectivity index (χ0) is 20.8. The highest BCUT2D eigenvalue weighted by Gasteiger charge is 2.17. The summed E-state index contributed by atoms with van der Waals surface area (Å²) in [5.74, 6) is 1.02. The number of halogens is 1. The summed E-state index contributed by atoms with van der Waals surface area (Å²) in [7, 11) is 0. The molecule has 2 heterocycles. The lowest BCUT2D eigenvalue weighted by Gasteiger charge is -2.09. The first kappa shape index (κ1) is 20.7. The summed E-state index contributed by atoms with van der Waals surface area (Å²) < 4.78 is 2.00. The van der Waals surface area contributed by atoms with Crippen molar-refractivity contribution in [2.24, 2.45) is 0 Å². The van der Waals surface area contributed by atoms with E-state index in [1.54, 1.807) is 11.3 Å². The van der Waals surface area contributed by atoms with Crippen molar-refractivity contribution in [2.75, 3.05) is 12.3 Å². The first-order valence-electron chi connectivity index (χ1n) is 9.39. The zero-order valence-electron chi connectivity index (χ0n) is 16.0. The van der Waals surface area contributed by atoms with Gasteiger partial charge in [-0.25, -0.2) is 0 Å². The molecule has 0 aliphatic heterocycles. The summed E-state index contributed by atoms with van der Waals surface area (Å²) in [6.07, 6.45) is 0.760. The van der Waals surface area contributed by atoms with Gasteiger partial charge in [-0.3, -0.25) is 9.36 Å². The number of nitrogens with zero attached hydrogens (tertiary/aromatic N) is 3. The fourth-order valence-corrected chi connectivity index (χ4v) is 4.52. The molecule has 0 fully saturated rings. The Balaban J connectivity index is 1.40. The minimum Gasteiger partial charge on any atom is -0.355 e. The average molecular weight is 455 g/mol. The van der Waals surface area contributed by atoms with E-state index < -0.39 is 0 Å². The van der Waals surface area contributed by atoms with Crippen LogP contribution in [0.2, 0.25) is 5.02 Å². The quantitative estimate of drug-likeness (QED) is 0.376. The molecule has 4 rings (SSSR count). The molecule has 8 heteroatoms. The lowest BCUT2D eigenvalue weighted by Crippen LogP contribution is -2.27. The Morgan fingerprint density at radius 1 is 1.03 bits per heavy atom. The van der Waals surface area contributed by atoms with Crippen molar-refractivity contribution in [1.82, 2.24) is 20.1 Å². The van der Waals surface area contributed by atoms with Crippen molar-refractivity contribution in [2.45, 2.75) is 11.6 Å². The van der Waals surface area contributed by atoms with E-state index in [1.165, 1.54) is 11.8 Å². The number of aromatic nitrogens is 3. The SMILES string of the molecule is O=C(CSc1nnc(-c2cccs2)n1-c1ccccc1)NCCc1ccc(Cl)cc1. The van der Waals surface area contributed by atoms with Crippen LogP contribution in [0.25, 0.3) is 16.4 Å². The van der Waals surface area contributed by atoms with Crippen LogP contribution < -0.4 is 5.32 Å². The van der Waals surface area contributed by atoms with Gasteiger partial charge in [0, 0.05) is 17.3 Å². The summed E-state index contributed by atoms with van der Waals surface area (Å²) in [5.41, 5.74) is 2.10. The van der Waals surface area contributed by atoms with Crippen LogP contribution in [0.1, 0.15) is 5.56 Å². The van der Waals surface area contributed by atoms with E-state index in [0.29, 0.717) is 16.7 Å². The number of benzene rings is 2. The van der Waals surface area contributed by atoms with Crippen LogP contribution in [0.4, 0.5) is 0 Å². The number of rotatable bonds is 8. The highest BCUT2D eigenvalue weighted by atomic mass is 35.5. The van der Waals surface area contributed by atoms with Gasteiger partial charge < -0.3 is 5.32 Å². The van der Waals surface area contributed by atoms with E-state index in [0.717, 1.165) is 28.4 Å². The van der Waals surface area contributed by atoms with Gasteiger partial charge in [-0.1, -0.05) is 59.8 Å². The van der Waals surface area contributed by atoms with Crippen molar-refractivity contribution < 1.29 is 4.79 Å². The van der Waals surface area contributed by atoms with Gasteiger partial charge in [-0.05, 0) is 47.7 Å². The molecule has 1 amide bonds. The number of hydrogen-bond donors (Lipinski definition) is 1. The molecule has 0 spiro atoms. The van der Waals surface area contributed by atoms with E-state index in [2.05, 4.69) is 15.5 Å². The first-order valence-corrected chi connectivity index (χ1v) is 11.6. The second-order valence-electron chi connectivity index (χ2n) is 6.47. The topological polar surface area (TPSA) is 59.8 Å². The smallest absolute Gasteiger partial charge is 0.230 e. The number of thiophene rings is 1. The van der Waals surface area contributed by atoms with Crippen LogP contribution in [0.5, 0.6) is 0 Å². The van der Waals surface area contributed by atoms with Crippen LogP contribution in [0.3, 0.4) is 0 Å². The molecule has 1 N–H and O–H groups in total. The van der Waals surface area contributed by atoms with Crippen LogP contribution in [-0.4, -0.2) is 33.0 Å². The Morgan fingerprint density at radius 2 is 1.83 bits per heavy atom. The van der Waals surface area contributed by atoms with Gasteiger partial charge in [0.2, 0.25) is 5.91 Å². The lowest BCUT2D eigenvalue weighted by molar-refractivity contribution is -0.118. The van der Waals surface area contributed by atoms with Gasteiger partial charge in [0.15, 0.2) is 11.0 Å². The van der Waals surface area contributed by atoms with E-state index in [-0.39, 0.29) is 11.7 Å². The molecule has 2 aromatic carbocycles. The third-order valence-corrected chi connectivity index (χ3v) is 6.42. The highest BCUT2D eigenvalue weighted by molar-refractivity contribution is 7.99. The lowest BCUT2D eigenvalue weighted by atomic mass is 10.1. The summed E-state index contributed by atoms with van der Waals surface area (Å²) in [6, 6.07) is 21.6. The molecule has 0 radical (unpaired) electrons. The summed E-state index contributed by atoms with van der Waals surface area (Å²) in [4.78, 5) is 13.4. The van der Waals surface area contributed by atoms with Crippen molar-refractivity contribution >= 4 is 40.6 Å². The standard InChI is InChI=1S/C22H19ClN4OS2/c23-17-10-8-16(9-11-17)12-13-24-20(28)15-30-22-26-25-21(19-7-4-14-29-19)27(22)18-5-2-1-3-6-18/h1-11,14H,12-13,15H2,(H,24,28). The molecule has 2 aromatic heterocycles. The molecular weight excluding hydrogens is 436 g/mol. The van der Waals surface area contributed by atoms with Crippen LogP contribution in [-0.2, 0) is 11.2 Å². The maximum absolute atomic E-state index is 12.3.